The number of allylic oxidation sites excluding steroid dienone is 4. The summed E-state index contributed by atoms with van der Waals surface area (Å²) < 4.78 is 13.4. The van der Waals surface area contributed by atoms with Crippen molar-refractivity contribution < 1.29 is 29.6 Å². The molecule has 8 bridgehead atoms. The maximum atomic E-state index is 14.8. The maximum absolute atomic E-state index is 14.8. The number of ketones is 1. The summed E-state index contributed by atoms with van der Waals surface area (Å²) in [6, 6.07) is 15.3. The van der Waals surface area contributed by atoms with E-state index in [0.29, 0.717) is 61.6 Å². The number of hydrogen-bond donors (Lipinski definition) is 5. The van der Waals surface area contributed by atoms with Gasteiger partial charge in [-0.2, -0.15) is 0 Å². The Morgan fingerprint density at radius 2 is 1.76 bits per heavy atom. The average Bonchev–Trinajstić information content (AvgIpc) is 3.85. The lowest BCUT2D eigenvalue weighted by atomic mass is 9.55. The van der Waals surface area contributed by atoms with E-state index in [1.54, 1.807) is 0 Å². The number of aliphatic hydroxyl groups is 1. The second kappa shape index (κ2) is 20.5. The molecule has 1 aliphatic heterocycles. The zero-order valence-electron chi connectivity index (χ0n) is 44.3. The fourth-order valence-electron chi connectivity index (χ4n) is 17.1. The fraction of sp³-hybridized carbons (Fsp3) is 0.600. The molecule has 12 rings (SSSR count). The molecule has 13 atom stereocenters. The molecule has 4 fully saturated rings. The number of aromatic hydroxyl groups is 2. The topological polar surface area (TPSA) is 147 Å². The Hall–Kier alpha value is -5.04. The highest BCUT2D eigenvalue weighted by Crippen LogP contribution is 2.60. The number of nitrogens with zero attached hydrogens (tertiary/aromatic N) is 1. The van der Waals surface area contributed by atoms with Gasteiger partial charge in [-0.25, -0.2) is 4.99 Å². The smallest absolute Gasteiger partial charge is 0.189 e. The average molecular weight is 1000 g/mol. The zero-order chi connectivity index (χ0) is 50.8. The van der Waals surface area contributed by atoms with Crippen LogP contribution in [0.5, 0.6) is 17.2 Å². The largest absolute Gasteiger partial charge is 0.508 e. The van der Waals surface area contributed by atoms with Crippen molar-refractivity contribution in [2.45, 2.75) is 178 Å². The van der Waals surface area contributed by atoms with Gasteiger partial charge in [0.15, 0.2) is 23.2 Å². The van der Waals surface area contributed by atoms with Gasteiger partial charge in [-0.15, -0.1) is 0 Å². The third kappa shape index (κ3) is 9.10. The number of nitrogens with two attached hydrogens (primary N) is 1. The van der Waals surface area contributed by atoms with E-state index in [2.05, 4.69) is 73.5 Å². The highest BCUT2D eigenvalue weighted by Gasteiger charge is 2.50. The molecule has 8 aliphatic carbocycles. The molecule has 6 N–H and O–H groups in total. The summed E-state index contributed by atoms with van der Waals surface area (Å²) in [5.74, 6) is 10.2. The minimum atomic E-state index is -0.326. The first-order valence-corrected chi connectivity index (χ1v) is 29.2. The predicted octanol–water partition coefficient (Wildman–Crippen LogP) is 11.9. The highest BCUT2D eigenvalue weighted by molar-refractivity contribution is 5.97. The minimum absolute atomic E-state index is 0.00325. The fourth-order valence-corrected chi connectivity index (χ4v) is 17.1. The monoisotopic (exact) mass is 1000 g/mol. The van der Waals surface area contributed by atoms with Crippen LogP contribution >= 0.6 is 0 Å². The van der Waals surface area contributed by atoms with E-state index in [4.69, 9.17) is 20.2 Å². The molecule has 74 heavy (non-hydrogen) atoms. The number of guanidine groups is 1. The van der Waals surface area contributed by atoms with Crippen molar-refractivity contribution in [2.75, 3.05) is 20.3 Å². The summed E-state index contributed by atoms with van der Waals surface area (Å²) in [4.78, 5) is 20.3. The van der Waals surface area contributed by atoms with Gasteiger partial charge in [-0.05, 0) is 213 Å². The molecule has 1 spiro atoms. The van der Waals surface area contributed by atoms with Crippen molar-refractivity contribution in [1.29, 1.82) is 0 Å². The SMILES string of the molecule is CCC1C=C2C(=O)CC(c3cc(OC4CCCC4)c(O)c4c3C#CCC3CC5C=C6C(CC(C)CC6C4C5COC)c4cc(O)cc(c4)Cc4ccc5c(c4)C4(CCCCC4CC5)NC(N)=N3)CCC2CC1CO. The second-order valence-electron chi connectivity index (χ2n) is 24.9. The number of methoxy groups -OCH3 is 1. The van der Waals surface area contributed by atoms with Gasteiger partial charge in [0.05, 0.1) is 24.3 Å². The van der Waals surface area contributed by atoms with Crippen LogP contribution in [0.3, 0.4) is 0 Å². The van der Waals surface area contributed by atoms with Crippen LogP contribution in [0, 0.1) is 59.2 Å². The van der Waals surface area contributed by atoms with Crippen molar-refractivity contribution in [2.24, 2.45) is 58.1 Å². The molecule has 3 aromatic carbocycles. The van der Waals surface area contributed by atoms with E-state index in [-0.39, 0.29) is 89.1 Å². The number of fused-ring (bicyclic) bond motifs is 10. The second-order valence-corrected chi connectivity index (χ2v) is 24.9. The number of aryl methyl sites for hydroxylation is 1. The Balaban J connectivity index is 1.07. The van der Waals surface area contributed by atoms with Gasteiger partial charge in [0.2, 0.25) is 0 Å². The summed E-state index contributed by atoms with van der Waals surface area (Å²) in [5.41, 5.74) is 18.3. The Labute approximate surface area is 440 Å². The van der Waals surface area contributed by atoms with Crippen LogP contribution in [-0.2, 0) is 27.9 Å². The normalized spacial score (nSPS) is 34.5. The summed E-state index contributed by atoms with van der Waals surface area (Å²) in [5, 5.41) is 39.5. The molecule has 1 heterocycles. The van der Waals surface area contributed by atoms with Crippen LogP contribution in [0.2, 0.25) is 0 Å². The van der Waals surface area contributed by atoms with Gasteiger partial charge in [-0.1, -0.05) is 80.5 Å². The summed E-state index contributed by atoms with van der Waals surface area (Å²) in [6.07, 6.45) is 23.1. The number of ether oxygens (including phenoxy) is 2. The lowest BCUT2D eigenvalue weighted by Gasteiger charge is -2.50. The van der Waals surface area contributed by atoms with Crippen LogP contribution < -0.4 is 15.8 Å². The first-order valence-electron chi connectivity index (χ1n) is 29.2. The number of nitrogens with one attached hydrogen (secondary N) is 1. The van der Waals surface area contributed by atoms with Gasteiger partial charge in [0.25, 0.3) is 0 Å². The molecular weight excluding hydrogens is 919 g/mol. The van der Waals surface area contributed by atoms with Crippen LogP contribution in [0.1, 0.15) is 192 Å². The third-order valence-corrected chi connectivity index (χ3v) is 20.5. The third-order valence-electron chi connectivity index (χ3n) is 20.5. The minimum Gasteiger partial charge on any atom is -0.508 e. The number of Topliss-reactive ketones (excluding diaryl/α,β-unsaturated/α-hetero) is 1. The number of phenols is 2. The van der Waals surface area contributed by atoms with Crippen molar-refractivity contribution in [1.82, 2.24) is 5.32 Å². The van der Waals surface area contributed by atoms with Crippen molar-refractivity contribution >= 4 is 11.7 Å². The van der Waals surface area contributed by atoms with Gasteiger partial charge < -0.3 is 35.8 Å². The summed E-state index contributed by atoms with van der Waals surface area (Å²) in [7, 11) is 1.81. The van der Waals surface area contributed by atoms with Gasteiger partial charge in [-0.3, -0.25) is 4.79 Å². The number of aliphatic hydroxyl groups excluding tert-OH is 1. The number of benzene rings is 3. The number of hydrogen-bond acceptors (Lipinski definition) is 9. The molecule has 3 aromatic rings. The van der Waals surface area contributed by atoms with Crippen LogP contribution in [0.4, 0.5) is 0 Å². The number of phenolic OH excluding ortho intramolecular Hbond substituents is 2. The maximum Gasteiger partial charge on any atom is 0.189 e. The molecule has 0 amide bonds. The van der Waals surface area contributed by atoms with E-state index in [1.165, 1.54) is 28.7 Å². The first-order chi connectivity index (χ1) is 36.0. The van der Waals surface area contributed by atoms with Crippen molar-refractivity contribution in [3.8, 4) is 29.1 Å². The van der Waals surface area contributed by atoms with E-state index in [1.807, 2.05) is 19.2 Å². The lowest BCUT2D eigenvalue weighted by molar-refractivity contribution is -0.116. The summed E-state index contributed by atoms with van der Waals surface area (Å²) >= 11 is 0. The Morgan fingerprint density at radius 3 is 2.58 bits per heavy atom. The molecule has 9 aliphatic rings. The lowest BCUT2D eigenvalue weighted by Crippen LogP contribution is -2.57. The Morgan fingerprint density at radius 1 is 0.919 bits per heavy atom. The van der Waals surface area contributed by atoms with Gasteiger partial charge in [0, 0.05) is 49.5 Å². The molecule has 9 nitrogen and oxygen atoms in total. The van der Waals surface area contributed by atoms with Crippen molar-refractivity contribution in [3.05, 3.63) is 110 Å². The number of carbonyl (C=O) groups is 1. The van der Waals surface area contributed by atoms with E-state index in [9.17, 15) is 20.1 Å². The number of rotatable bonds is 7. The molecule has 4 saturated carbocycles. The zero-order valence-corrected chi connectivity index (χ0v) is 44.3. The summed E-state index contributed by atoms with van der Waals surface area (Å²) in [6.45, 7) is 5.16. The predicted molar refractivity (Wildman–Crippen MR) is 291 cm³/mol. The standard InChI is InChI=1S/C65H81N3O6/c1-4-40-31-54-42(28-46(40)35-69)17-18-43(33-59(54)71)53-34-60(74-50-12-5-6-13-50)63(72)62-51(53)14-9-11-48-29-45-32-55-52(22-37(2)23-56(55)61(62)57(45)36-73-3)44-25-39(26-49(70)30-44)24-38-15-16-41-19-20-47-10-7-8-21-65(47,58(41)27-38)68-64(66)67-48/h15-16,25-27,30-32,34,37,40,42-43,45-48,50,52,56-57,61,69-70,72H,4-8,10-13,17-24,28-29,33,35-36H2,1-3H3,(H3,66,67,68). The molecular formula is C65H81N3O6. The number of aliphatic imine (C=N–C) groups is 1. The number of carbonyl (C=O) groups excluding carboxylic acids is 1. The van der Waals surface area contributed by atoms with Crippen LogP contribution in [0.15, 0.2) is 70.8 Å². The van der Waals surface area contributed by atoms with E-state index < -0.39 is 0 Å². The molecule has 0 radical (unpaired) electrons. The van der Waals surface area contributed by atoms with Gasteiger partial charge in [0.1, 0.15) is 5.75 Å². The molecule has 13 unspecified atom stereocenters. The molecule has 0 aromatic heterocycles. The van der Waals surface area contributed by atoms with E-state index in [0.717, 1.165) is 130 Å². The quantitative estimate of drug-likeness (QED) is 0.116. The Kier molecular flexibility index (Phi) is 13.8. The first kappa shape index (κ1) is 49.8. The van der Waals surface area contributed by atoms with Gasteiger partial charge >= 0.3 is 0 Å². The van der Waals surface area contributed by atoms with Crippen LogP contribution in [0.25, 0.3) is 0 Å². The molecule has 0 saturated heterocycles. The van der Waals surface area contributed by atoms with Crippen molar-refractivity contribution in [3.63, 3.8) is 0 Å². The van der Waals surface area contributed by atoms with Crippen LogP contribution in [-0.4, -0.2) is 59.5 Å². The highest BCUT2D eigenvalue weighted by atomic mass is 16.5. The molecule has 392 valence electrons. The van der Waals surface area contributed by atoms with E-state index >= 15 is 0 Å². The molecule has 9 heteroatoms. The Bertz CT molecular complexity index is 2810.